The first-order valence-electron chi connectivity index (χ1n) is 7.91. The van der Waals surface area contributed by atoms with Crippen molar-refractivity contribution in [1.82, 2.24) is 5.32 Å². The van der Waals surface area contributed by atoms with Crippen molar-refractivity contribution in [2.75, 3.05) is 0 Å². The number of carboxylic acids is 1. The molecule has 0 saturated carbocycles. The molecule has 2 aromatic carbocycles. The van der Waals surface area contributed by atoms with Gasteiger partial charge >= 0.3 is 12.1 Å². The largest absolute Gasteiger partial charge is 0.481 e. The summed E-state index contributed by atoms with van der Waals surface area (Å²) in [5.41, 5.74) is -0.0202. The van der Waals surface area contributed by atoms with Crippen molar-refractivity contribution in [3.63, 3.8) is 0 Å². The third-order valence-corrected chi connectivity index (χ3v) is 3.98. The minimum atomic E-state index is -4.49. The number of carbonyl (C=O) groups is 2. The molecule has 0 fully saturated rings. The molecule has 2 N–H and O–H groups in total. The summed E-state index contributed by atoms with van der Waals surface area (Å²) >= 11 is 0. The molecule has 26 heavy (non-hydrogen) atoms. The van der Waals surface area contributed by atoms with Gasteiger partial charge in [-0.25, -0.2) is 0 Å². The van der Waals surface area contributed by atoms with Crippen LogP contribution < -0.4 is 5.32 Å². The van der Waals surface area contributed by atoms with Gasteiger partial charge in [0.1, 0.15) is 0 Å². The van der Waals surface area contributed by atoms with Crippen molar-refractivity contribution in [1.29, 1.82) is 0 Å². The number of carboxylic acid groups (broad SMARTS) is 1. The van der Waals surface area contributed by atoms with Gasteiger partial charge in [0, 0.05) is 0 Å². The van der Waals surface area contributed by atoms with E-state index >= 15 is 0 Å². The molecule has 0 heterocycles. The minimum Gasteiger partial charge on any atom is -0.481 e. The second kappa shape index (κ2) is 8.03. The quantitative estimate of drug-likeness (QED) is 0.818. The summed E-state index contributed by atoms with van der Waals surface area (Å²) in [6.07, 6.45) is -4.77. The van der Waals surface area contributed by atoms with E-state index in [0.717, 1.165) is 12.1 Å². The number of nitrogens with one attached hydrogen (secondary N) is 1. The van der Waals surface area contributed by atoms with Crippen molar-refractivity contribution in [2.45, 2.75) is 25.6 Å². The number of hydrogen-bond acceptors (Lipinski definition) is 2. The lowest BCUT2D eigenvalue weighted by Crippen LogP contribution is -2.36. The predicted octanol–water partition coefficient (Wildman–Crippen LogP) is 3.83. The molecule has 138 valence electrons. The number of alkyl halides is 3. The highest BCUT2D eigenvalue weighted by Gasteiger charge is 2.31. The Bertz CT molecular complexity index is 775. The molecule has 0 aliphatic rings. The Morgan fingerprint density at radius 3 is 2.31 bits per heavy atom. The third kappa shape index (κ3) is 5.08. The first kappa shape index (κ1) is 19.5. The molecule has 2 aromatic rings. The van der Waals surface area contributed by atoms with Crippen LogP contribution in [0.5, 0.6) is 0 Å². The van der Waals surface area contributed by atoms with E-state index in [1.54, 1.807) is 30.3 Å². The van der Waals surface area contributed by atoms with Gasteiger partial charge in [-0.2, -0.15) is 13.2 Å². The highest BCUT2D eigenvalue weighted by atomic mass is 19.4. The van der Waals surface area contributed by atoms with Crippen molar-refractivity contribution < 1.29 is 27.9 Å². The average molecular weight is 365 g/mol. The summed E-state index contributed by atoms with van der Waals surface area (Å²) in [6.45, 7) is 1.46. The van der Waals surface area contributed by atoms with Crippen LogP contribution in [0.4, 0.5) is 13.2 Å². The maximum Gasteiger partial charge on any atom is 0.416 e. The molecule has 0 spiro atoms. The van der Waals surface area contributed by atoms with Gasteiger partial charge in [0.25, 0.3) is 0 Å². The summed E-state index contributed by atoms with van der Waals surface area (Å²) in [5, 5.41) is 11.9. The van der Waals surface area contributed by atoms with E-state index in [0.29, 0.717) is 5.56 Å². The van der Waals surface area contributed by atoms with Crippen molar-refractivity contribution >= 4 is 11.9 Å². The molecule has 4 nitrogen and oxygen atoms in total. The smallest absolute Gasteiger partial charge is 0.416 e. The number of hydrogen-bond donors (Lipinski definition) is 2. The number of aliphatic carboxylic acids is 1. The van der Waals surface area contributed by atoms with E-state index in [9.17, 15) is 27.9 Å². The Hall–Kier alpha value is -2.83. The Labute approximate surface area is 148 Å². The summed E-state index contributed by atoms with van der Waals surface area (Å²) in [6, 6.07) is 12.3. The van der Waals surface area contributed by atoms with Gasteiger partial charge < -0.3 is 10.4 Å². The lowest BCUT2D eigenvalue weighted by molar-refractivity contribution is -0.142. The first-order chi connectivity index (χ1) is 12.2. The first-order valence-corrected chi connectivity index (χ1v) is 7.91. The van der Waals surface area contributed by atoms with Gasteiger partial charge in [0.15, 0.2) is 0 Å². The zero-order chi connectivity index (χ0) is 19.3. The molecule has 0 aliphatic carbocycles. The van der Waals surface area contributed by atoms with Crippen molar-refractivity contribution in [3.8, 4) is 0 Å². The van der Waals surface area contributed by atoms with Crippen LogP contribution in [0.1, 0.15) is 29.7 Å². The Morgan fingerprint density at radius 1 is 1.08 bits per heavy atom. The Kier molecular flexibility index (Phi) is 6.02. The fraction of sp³-hybridized carbons (Fsp3) is 0.263. The number of benzene rings is 2. The molecule has 0 radical (unpaired) electrons. The van der Waals surface area contributed by atoms with E-state index < -0.39 is 35.6 Å². The summed E-state index contributed by atoms with van der Waals surface area (Å²) in [7, 11) is 0. The average Bonchev–Trinajstić information content (AvgIpc) is 2.59. The molecule has 1 amide bonds. The zero-order valence-corrected chi connectivity index (χ0v) is 14.0. The SMILES string of the molecule is CC(C(=O)O)C(NC(=O)Cc1cccc(C(F)(F)F)c1)c1ccccc1. The normalized spacial score (nSPS) is 13.7. The van der Waals surface area contributed by atoms with Crippen LogP contribution >= 0.6 is 0 Å². The fourth-order valence-corrected chi connectivity index (χ4v) is 2.57. The van der Waals surface area contributed by atoms with Crippen LogP contribution in [-0.2, 0) is 22.2 Å². The van der Waals surface area contributed by atoms with Crippen LogP contribution in [0.25, 0.3) is 0 Å². The molecule has 2 atom stereocenters. The van der Waals surface area contributed by atoms with Gasteiger partial charge in [-0.1, -0.05) is 48.5 Å². The van der Waals surface area contributed by atoms with E-state index in [2.05, 4.69) is 5.32 Å². The predicted molar refractivity (Wildman–Crippen MR) is 89.3 cm³/mol. The van der Waals surface area contributed by atoms with Crippen LogP contribution in [0, 0.1) is 5.92 Å². The lowest BCUT2D eigenvalue weighted by Gasteiger charge is -2.23. The second-order valence-corrected chi connectivity index (χ2v) is 5.96. The number of carbonyl (C=O) groups excluding carboxylic acids is 1. The highest BCUT2D eigenvalue weighted by molar-refractivity contribution is 5.80. The lowest BCUT2D eigenvalue weighted by atomic mass is 9.94. The summed E-state index contributed by atoms with van der Waals surface area (Å²) < 4.78 is 38.3. The van der Waals surface area contributed by atoms with Gasteiger partial charge in [-0.3, -0.25) is 9.59 Å². The van der Waals surface area contributed by atoms with Gasteiger partial charge in [-0.05, 0) is 24.1 Å². The van der Waals surface area contributed by atoms with Crippen LogP contribution in [-0.4, -0.2) is 17.0 Å². The number of halogens is 3. The standard InChI is InChI=1S/C19H18F3NO3/c1-12(18(25)26)17(14-7-3-2-4-8-14)23-16(24)11-13-6-5-9-15(10-13)19(20,21)22/h2-10,12,17H,11H2,1H3,(H,23,24)(H,25,26). The summed E-state index contributed by atoms with van der Waals surface area (Å²) in [5.74, 6) is -2.53. The van der Waals surface area contributed by atoms with E-state index in [4.69, 9.17) is 0 Å². The topological polar surface area (TPSA) is 66.4 Å². The third-order valence-electron chi connectivity index (χ3n) is 3.98. The number of rotatable bonds is 6. The molecule has 2 unspecified atom stereocenters. The molecule has 7 heteroatoms. The van der Waals surface area contributed by atoms with Crippen LogP contribution in [0.3, 0.4) is 0 Å². The molecule has 0 saturated heterocycles. The molecule has 0 aliphatic heterocycles. The second-order valence-electron chi connectivity index (χ2n) is 5.96. The molecule has 0 bridgehead atoms. The Balaban J connectivity index is 2.16. The molecular weight excluding hydrogens is 347 g/mol. The van der Waals surface area contributed by atoms with Gasteiger partial charge in [-0.15, -0.1) is 0 Å². The maximum atomic E-state index is 12.8. The van der Waals surface area contributed by atoms with Crippen LogP contribution in [0.15, 0.2) is 54.6 Å². The monoisotopic (exact) mass is 365 g/mol. The van der Waals surface area contributed by atoms with Gasteiger partial charge in [0.2, 0.25) is 5.91 Å². The van der Waals surface area contributed by atoms with Gasteiger partial charge in [0.05, 0.1) is 23.9 Å². The molecular formula is C19H18F3NO3. The van der Waals surface area contributed by atoms with Crippen LogP contribution in [0.2, 0.25) is 0 Å². The number of amides is 1. The van der Waals surface area contributed by atoms with E-state index in [-0.39, 0.29) is 12.0 Å². The molecule has 2 rings (SSSR count). The fourth-order valence-electron chi connectivity index (χ4n) is 2.57. The summed E-state index contributed by atoms with van der Waals surface area (Å²) in [4.78, 5) is 23.6. The minimum absolute atomic E-state index is 0.201. The molecule has 0 aromatic heterocycles. The van der Waals surface area contributed by atoms with E-state index in [1.165, 1.54) is 19.1 Å². The van der Waals surface area contributed by atoms with Crippen molar-refractivity contribution in [2.24, 2.45) is 5.92 Å². The van der Waals surface area contributed by atoms with Crippen molar-refractivity contribution in [3.05, 3.63) is 71.3 Å². The zero-order valence-electron chi connectivity index (χ0n) is 14.0. The highest BCUT2D eigenvalue weighted by Crippen LogP contribution is 2.29. The maximum absolute atomic E-state index is 12.8. The Morgan fingerprint density at radius 2 is 1.73 bits per heavy atom. The van der Waals surface area contributed by atoms with E-state index in [1.807, 2.05) is 0 Å².